The van der Waals surface area contributed by atoms with Crippen molar-refractivity contribution in [3.05, 3.63) is 24.3 Å². The molecule has 8 nitrogen and oxygen atoms in total. The van der Waals surface area contributed by atoms with Crippen molar-refractivity contribution in [1.29, 1.82) is 0 Å². The van der Waals surface area contributed by atoms with Crippen molar-refractivity contribution in [2.45, 2.75) is 0 Å². The molecule has 0 unspecified atom stereocenters. The SMILES string of the molecule is C=NN(C(=O)O)c1cccc(N(N=C)C(=O)O)c1. The molecule has 0 atom stereocenters. The van der Waals surface area contributed by atoms with Crippen molar-refractivity contribution in [3.8, 4) is 0 Å². The fourth-order valence-corrected chi connectivity index (χ4v) is 1.26. The minimum Gasteiger partial charge on any atom is -0.463 e. The number of hydrazone groups is 2. The van der Waals surface area contributed by atoms with Crippen molar-refractivity contribution in [2.24, 2.45) is 10.2 Å². The van der Waals surface area contributed by atoms with Gasteiger partial charge in [-0.05, 0) is 18.2 Å². The van der Waals surface area contributed by atoms with E-state index in [1.54, 1.807) is 0 Å². The molecule has 0 saturated carbocycles. The molecule has 0 bridgehead atoms. The zero-order valence-corrected chi connectivity index (χ0v) is 9.22. The predicted molar refractivity (Wildman–Crippen MR) is 66.5 cm³/mol. The van der Waals surface area contributed by atoms with Crippen LogP contribution in [0.15, 0.2) is 34.5 Å². The zero-order chi connectivity index (χ0) is 13.7. The molecule has 0 heterocycles. The van der Waals surface area contributed by atoms with Crippen molar-refractivity contribution < 1.29 is 19.8 Å². The van der Waals surface area contributed by atoms with Gasteiger partial charge in [0.15, 0.2) is 0 Å². The number of rotatable bonds is 4. The highest BCUT2D eigenvalue weighted by atomic mass is 16.4. The van der Waals surface area contributed by atoms with Crippen molar-refractivity contribution in [1.82, 2.24) is 0 Å². The molecule has 18 heavy (non-hydrogen) atoms. The number of nitrogens with zero attached hydrogens (tertiary/aromatic N) is 4. The first-order valence-corrected chi connectivity index (χ1v) is 4.60. The van der Waals surface area contributed by atoms with Crippen LogP contribution in [0.1, 0.15) is 0 Å². The van der Waals surface area contributed by atoms with E-state index in [0.29, 0.717) is 10.0 Å². The van der Waals surface area contributed by atoms with Crippen molar-refractivity contribution in [2.75, 3.05) is 10.0 Å². The van der Waals surface area contributed by atoms with E-state index >= 15 is 0 Å². The highest BCUT2D eigenvalue weighted by Crippen LogP contribution is 2.23. The van der Waals surface area contributed by atoms with Gasteiger partial charge in [0.05, 0.1) is 11.4 Å². The third kappa shape index (κ3) is 2.61. The summed E-state index contributed by atoms with van der Waals surface area (Å²) in [6, 6.07) is 5.63. The summed E-state index contributed by atoms with van der Waals surface area (Å²) in [7, 11) is 0. The Hall–Kier alpha value is -2.90. The number of carbonyl (C=O) groups is 2. The number of hydrogen-bond donors (Lipinski definition) is 2. The van der Waals surface area contributed by atoms with Gasteiger partial charge in [-0.25, -0.2) is 9.59 Å². The molecule has 2 N–H and O–H groups in total. The molecule has 0 spiro atoms. The first kappa shape index (κ1) is 13.2. The normalized spacial score (nSPS) is 9.33. The number of benzene rings is 1. The summed E-state index contributed by atoms with van der Waals surface area (Å²) in [4.78, 5) is 21.7. The molecule has 1 aromatic carbocycles. The monoisotopic (exact) mass is 250 g/mol. The van der Waals surface area contributed by atoms with Crippen LogP contribution >= 0.6 is 0 Å². The molecule has 0 aromatic heterocycles. The summed E-state index contributed by atoms with van der Waals surface area (Å²) >= 11 is 0. The Morgan fingerprint density at radius 2 is 1.39 bits per heavy atom. The van der Waals surface area contributed by atoms with Gasteiger partial charge >= 0.3 is 12.2 Å². The molecule has 0 radical (unpaired) electrons. The third-order valence-corrected chi connectivity index (χ3v) is 1.96. The van der Waals surface area contributed by atoms with E-state index in [0.717, 1.165) is 0 Å². The van der Waals surface area contributed by atoms with E-state index in [1.807, 2.05) is 0 Å². The summed E-state index contributed by atoms with van der Waals surface area (Å²) in [5, 5.41) is 25.5. The lowest BCUT2D eigenvalue weighted by molar-refractivity contribution is 0.201. The number of anilines is 2. The van der Waals surface area contributed by atoms with Crippen LogP contribution in [0, 0.1) is 0 Å². The average molecular weight is 250 g/mol. The van der Waals surface area contributed by atoms with Crippen molar-refractivity contribution >= 4 is 37.0 Å². The molecule has 1 aromatic rings. The third-order valence-electron chi connectivity index (χ3n) is 1.96. The topological polar surface area (TPSA) is 106 Å². The molecule has 0 aliphatic rings. The van der Waals surface area contributed by atoms with Gasteiger partial charge in [-0.15, -0.1) is 0 Å². The predicted octanol–water partition coefficient (Wildman–Crippen LogP) is 1.89. The quantitative estimate of drug-likeness (QED) is 0.628. The molecule has 8 heteroatoms. The lowest BCUT2D eigenvalue weighted by atomic mass is 10.2. The van der Waals surface area contributed by atoms with Gasteiger partial charge in [0.2, 0.25) is 0 Å². The molecule has 2 amide bonds. The van der Waals surface area contributed by atoms with E-state index < -0.39 is 12.2 Å². The van der Waals surface area contributed by atoms with E-state index in [-0.39, 0.29) is 11.4 Å². The molecule has 0 fully saturated rings. The fourth-order valence-electron chi connectivity index (χ4n) is 1.26. The maximum Gasteiger partial charge on any atom is 0.432 e. The lowest BCUT2D eigenvalue weighted by Crippen LogP contribution is -2.25. The van der Waals surface area contributed by atoms with E-state index in [4.69, 9.17) is 10.2 Å². The highest BCUT2D eigenvalue weighted by molar-refractivity contribution is 5.90. The summed E-state index contributed by atoms with van der Waals surface area (Å²) in [6.07, 6.45) is -2.67. The standard InChI is InChI=1S/C10H10N4O4/c1-11-13(9(15)16)7-4-3-5-8(6-7)14(12-2)10(17)18/h3-6H,1-2H2,(H,15,16)(H,17,18). The maximum atomic E-state index is 10.8. The first-order chi connectivity index (χ1) is 8.51. The van der Waals surface area contributed by atoms with E-state index in [2.05, 4.69) is 23.6 Å². The summed E-state index contributed by atoms with van der Waals surface area (Å²) in [5.74, 6) is 0. The van der Waals surface area contributed by atoms with Gasteiger partial charge in [0.1, 0.15) is 0 Å². The fraction of sp³-hybridized carbons (Fsp3) is 0. The highest BCUT2D eigenvalue weighted by Gasteiger charge is 2.16. The second-order valence-corrected chi connectivity index (χ2v) is 2.99. The smallest absolute Gasteiger partial charge is 0.432 e. The van der Waals surface area contributed by atoms with E-state index in [9.17, 15) is 9.59 Å². The number of hydrogen-bond acceptors (Lipinski definition) is 4. The van der Waals surface area contributed by atoms with Crippen LogP contribution in [0.4, 0.5) is 21.0 Å². The molecule has 0 aliphatic carbocycles. The van der Waals surface area contributed by atoms with Crippen LogP contribution in [0.5, 0.6) is 0 Å². The van der Waals surface area contributed by atoms with Crippen molar-refractivity contribution in [3.63, 3.8) is 0 Å². The molecule has 0 saturated heterocycles. The van der Waals surface area contributed by atoms with Gasteiger partial charge in [-0.1, -0.05) is 6.07 Å². The Balaban J connectivity index is 3.19. The molecule has 0 aliphatic heterocycles. The van der Waals surface area contributed by atoms with Crippen LogP contribution in [0.25, 0.3) is 0 Å². The Kier molecular flexibility index (Phi) is 3.98. The molecular weight excluding hydrogens is 240 g/mol. The lowest BCUT2D eigenvalue weighted by Gasteiger charge is -2.16. The van der Waals surface area contributed by atoms with Crippen LogP contribution in [0.3, 0.4) is 0 Å². The van der Waals surface area contributed by atoms with Gasteiger partial charge in [0, 0.05) is 13.4 Å². The Labute approximate surface area is 102 Å². The summed E-state index contributed by atoms with van der Waals surface area (Å²) < 4.78 is 0. The molecule has 94 valence electrons. The average Bonchev–Trinajstić information content (AvgIpc) is 2.30. The second kappa shape index (κ2) is 5.43. The van der Waals surface area contributed by atoms with E-state index in [1.165, 1.54) is 24.3 Å². The largest absolute Gasteiger partial charge is 0.463 e. The summed E-state index contributed by atoms with van der Waals surface area (Å²) in [5.41, 5.74) is 0.287. The van der Waals surface area contributed by atoms with Gasteiger partial charge < -0.3 is 10.2 Å². The minimum atomic E-state index is -1.34. The number of amides is 2. The van der Waals surface area contributed by atoms with Crippen LogP contribution in [0.2, 0.25) is 0 Å². The number of carboxylic acid groups (broad SMARTS) is 2. The van der Waals surface area contributed by atoms with Gasteiger partial charge in [0.25, 0.3) is 0 Å². The van der Waals surface area contributed by atoms with Crippen LogP contribution in [-0.2, 0) is 0 Å². The maximum absolute atomic E-state index is 10.8. The minimum absolute atomic E-state index is 0.143. The second-order valence-electron chi connectivity index (χ2n) is 2.99. The van der Waals surface area contributed by atoms with Crippen LogP contribution in [-0.4, -0.2) is 35.8 Å². The molecule has 1 rings (SSSR count). The Bertz CT molecular complexity index is 461. The zero-order valence-electron chi connectivity index (χ0n) is 9.22. The summed E-state index contributed by atoms with van der Waals surface area (Å²) in [6.45, 7) is 6.24. The first-order valence-electron chi connectivity index (χ1n) is 4.60. The van der Waals surface area contributed by atoms with Crippen LogP contribution < -0.4 is 10.0 Å². The van der Waals surface area contributed by atoms with Gasteiger partial charge in [-0.2, -0.15) is 20.2 Å². The Morgan fingerprint density at radius 3 is 1.67 bits per heavy atom. The Morgan fingerprint density at radius 1 is 1.00 bits per heavy atom. The molecular formula is C10H10N4O4. The van der Waals surface area contributed by atoms with Gasteiger partial charge in [-0.3, -0.25) is 0 Å².